The average molecular weight is 349 g/mol. The number of fused-ring (bicyclic) bond motifs is 1. The van der Waals surface area contributed by atoms with Gasteiger partial charge in [0.05, 0.1) is 11.4 Å². The highest BCUT2D eigenvalue weighted by molar-refractivity contribution is 5.21. The molecule has 3 aromatic heterocycles. The number of hydrogen-bond acceptors (Lipinski definition) is 6. The molecule has 26 heavy (non-hydrogen) atoms. The molecule has 134 valence electrons. The number of nitrogens with one attached hydrogen (secondary N) is 1. The Balaban J connectivity index is 1.40. The van der Waals surface area contributed by atoms with E-state index in [1.165, 1.54) is 5.69 Å². The fraction of sp³-hybridized carbons (Fsp3) is 0.368. The van der Waals surface area contributed by atoms with E-state index in [2.05, 4.69) is 47.1 Å². The molecule has 7 nitrogen and oxygen atoms in total. The van der Waals surface area contributed by atoms with Crippen LogP contribution in [0.3, 0.4) is 0 Å². The van der Waals surface area contributed by atoms with Crippen LogP contribution in [-0.2, 0) is 19.6 Å². The first-order chi connectivity index (χ1) is 12.9. The molecule has 0 spiro atoms. The first kappa shape index (κ1) is 16.7. The van der Waals surface area contributed by atoms with Crippen LogP contribution in [0.15, 0.2) is 55.1 Å². The maximum atomic E-state index is 4.50. The van der Waals surface area contributed by atoms with Crippen molar-refractivity contribution >= 4 is 5.95 Å². The van der Waals surface area contributed by atoms with Crippen molar-refractivity contribution in [2.45, 2.75) is 26.1 Å². The standard InChI is InChI=1S/C19H23N7/c1-2-7-20-17(4-1)14-25-12-16(13-26-18(15-25)6-11-24-26)5-10-23-19-21-8-3-9-22-19/h1-4,6-9,11,16H,5,10,12-15H2,(H,21,22,23). The topological polar surface area (TPSA) is 71.8 Å². The normalized spacial score (nSPS) is 17.5. The Hall–Kier alpha value is -2.80. The van der Waals surface area contributed by atoms with Crippen LogP contribution in [0.4, 0.5) is 5.95 Å². The maximum absolute atomic E-state index is 4.50. The Bertz CT molecular complexity index is 803. The SMILES string of the molecule is c1ccc(CN2Cc3ccnn3CC(CCNc3ncccn3)C2)nc1. The zero-order valence-corrected chi connectivity index (χ0v) is 14.7. The number of anilines is 1. The van der Waals surface area contributed by atoms with Gasteiger partial charge in [0.15, 0.2) is 0 Å². The molecular weight excluding hydrogens is 326 g/mol. The summed E-state index contributed by atoms with van der Waals surface area (Å²) in [6.45, 7) is 4.58. The summed E-state index contributed by atoms with van der Waals surface area (Å²) in [6, 6.07) is 10.0. The summed E-state index contributed by atoms with van der Waals surface area (Å²) < 4.78 is 2.14. The van der Waals surface area contributed by atoms with Crippen molar-refractivity contribution in [1.82, 2.24) is 29.6 Å². The lowest BCUT2D eigenvalue weighted by atomic mass is 10.1. The van der Waals surface area contributed by atoms with Crippen LogP contribution in [-0.4, -0.2) is 42.7 Å². The summed E-state index contributed by atoms with van der Waals surface area (Å²) in [6.07, 6.45) is 8.30. The molecule has 4 heterocycles. The molecule has 7 heteroatoms. The minimum atomic E-state index is 0.510. The van der Waals surface area contributed by atoms with Crippen molar-refractivity contribution < 1.29 is 0 Å². The third-order valence-electron chi connectivity index (χ3n) is 4.65. The molecule has 1 aliphatic rings. The van der Waals surface area contributed by atoms with E-state index in [0.717, 1.165) is 44.8 Å². The third-order valence-corrected chi connectivity index (χ3v) is 4.65. The van der Waals surface area contributed by atoms with Gasteiger partial charge >= 0.3 is 0 Å². The molecule has 0 saturated heterocycles. The van der Waals surface area contributed by atoms with E-state index in [0.29, 0.717) is 11.9 Å². The molecule has 0 aliphatic carbocycles. The Kier molecular flexibility index (Phi) is 5.16. The van der Waals surface area contributed by atoms with Gasteiger partial charge in [-0.3, -0.25) is 14.6 Å². The van der Waals surface area contributed by atoms with Crippen molar-refractivity contribution in [3.05, 3.63) is 66.5 Å². The van der Waals surface area contributed by atoms with Gasteiger partial charge in [0, 0.05) is 57.5 Å². The van der Waals surface area contributed by atoms with Crippen molar-refractivity contribution in [2.24, 2.45) is 5.92 Å². The van der Waals surface area contributed by atoms with Crippen LogP contribution in [0.1, 0.15) is 17.8 Å². The minimum Gasteiger partial charge on any atom is -0.354 e. The monoisotopic (exact) mass is 349 g/mol. The predicted molar refractivity (Wildman–Crippen MR) is 99.2 cm³/mol. The lowest BCUT2D eigenvalue weighted by molar-refractivity contribution is 0.214. The zero-order chi connectivity index (χ0) is 17.6. The van der Waals surface area contributed by atoms with Crippen molar-refractivity contribution in [3.63, 3.8) is 0 Å². The van der Waals surface area contributed by atoms with Crippen LogP contribution < -0.4 is 5.32 Å². The maximum Gasteiger partial charge on any atom is 0.222 e. The molecule has 0 fully saturated rings. The molecule has 0 saturated carbocycles. The van der Waals surface area contributed by atoms with Gasteiger partial charge < -0.3 is 5.32 Å². The predicted octanol–water partition coefficient (Wildman–Crippen LogP) is 2.20. The number of rotatable bonds is 6. The molecule has 3 aromatic rings. The van der Waals surface area contributed by atoms with E-state index in [1.54, 1.807) is 12.4 Å². The summed E-state index contributed by atoms with van der Waals surface area (Å²) in [5.74, 6) is 1.20. The first-order valence-electron chi connectivity index (χ1n) is 9.00. The quantitative estimate of drug-likeness (QED) is 0.736. The van der Waals surface area contributed by atoms with E-state index in [9.17, 15) is 0 Å². The summed E-state index contributed by atoms with van der Waals surface area (Å²) >= 11 is 0. The molecule has 1 aliphatic heterocycles. The highest BCUT2D eigenvalue weighted by atomic mass is 15.3. The van der Waals surface area contributed by atoms with Crippen LogP contribution in [0.25, 0.3) is 0 Å². The van der Waals surface area contributed by atoms with E-state index in [4.69, 9.17) is 0 Å². The second-order valence-corrected chi connectivity index (χ2v) is 6.65. The molecular formula is C19H23N7. The zero-order valence-electron chi connectivity index (χ0n) is 14.7. The van der Waals surface area contributed by atoms with E-state index in [1.807, 2.05) is 30.6 Å². The number of hydrogen-bond donors (Lipinski definition) is 1. The minimum absolute atomic E-state index is 0.510. The fourth-order valence-electron chi connectivity index (χ4n) is 3.42. The average Bonchev–Trinajstić information content (AvgIpc) is 3.03. The number of nitrogens with zero attached hydrogens (tertiary/aromatic N) is 6. The number of pyridine rings is 1. The summed E-state index contributed by atoms with van der Waals surface area (Å²) in [4.78, 5) is 15.4. The third kappa shape index (κ3) is 4.23. The molecule has 4 rings (SSSR count). The van der Waals surface area contributed by atoms with Gasteiger partial charge in [-0.05, 0) is 36.6 Å². The van der Waals surface area contributed by atoms with Crippen molar-refractivity contribution in [2.75, 3.05) is 18.4 Å². The fourth-order valence-corrected chi connectivity index (χ4v) is 3.42. The van der Waals surface area contributed by atoms with Crippen LogP contribution in [0.5, 0.6) is 0 Å². The van der Waals surface area contributed by atoms with Gasteiger partial charge in [0.1, 0.15) is 0 Å². The Morgan fingerprint density at radius 1 is 0.962 bits per heavy atom. The summed E-state index contributed by atoms with van der Waals surface area (Å²) in [5.41, 5.74) is 2.37. The molecule has 0 amide bonds. The second kappa shape index (κ2) is 8.05. The number of aromatic nitrogens is 5. The Morgan fingerprint density at radius 2 is 1.85 bits per heavy atom. The summed E-state index contributed by atoms with van der Waals surface area (Å²) in [7, 11) is 0. The van der Waals surface area contributed by atoms with E-state index < -0.39 is 0 Å². The molecule has 0 aromatic carbocycles. The lowest BCUT2D eigenvalue weighted by Crippen LogP contribution is -2.29. The van der Waals surface area contributed by atoms with Gasteiger partial charge in [-0.1, -0.05) is 6.07 Å². The highest BCUT2D eigenvalue weighted by Crippen LogP contribution is 2.19. The second-order valence-electron chi connectivity index (χ2n) is 6.65. The van der Waals surface area contributed by atoms with E-state index >= 15 is 0 Å². The lowest BCUT2D eigenvalue weighted by Gasteiger charge is -2.23. The van der Waals surface area contributed by atoms with Crippen LogP contribution in [0, 0.1) is 5.92 Å². The smallest absolute Gasteiger partial charge is 0.222 e. The van der Waals surface area contributed by atoms with Gasteiger partial charge in [-0.15, -0.1) is 0 Å². The molecule has 0 radical (unpaired) electrons. The Morgan fingerprint density at radius 3 is 2.69 bits per heavy atom. The molecule has 1 N–H and O–H groups in total. The van der Waals surface area contributed by atoms with Crippen molar-refractivity contribution in [1.29, 1.82) is 0 Å². The van der Waals surface area contributed by atoms with Gasteiger partial charge in [-0.25, -0.2) is 9.97 Å². The summed E-state index contributed by atoms with van der Waals surface area (Å²) in [5, 5.41) is 7.82. The van der Waals surface area contributed by atoms with E-state index in [-0.39, 0.29) is 0 Å². The van der Waals surface area contributed by atoms with Gasteiger partial charge in [-0.2, -0.15) is 5.10 Å². The molecule has 0 bridgehead atoms. The van der Waals surface area contributed by atoms with Crippen LogP contribution >= 0.6 is 0 Å². The van der Waals surface area contributed by atoms with Crippen LogP contribution in [0.2, 0.25) is 0 Å². The highest BCUT2D eigenvalue weighted by Gasteiger charge is 2.22. The first-order valence-corrected chi connectivity index (χ1v) is 9.00. The Labute approximate surface area is 153 Å². The molecule has 1 unspecified atom stereocenters. The largest absolute Gasteiger partial charge is 0.354 e. The van der Waals surface area contributed by atoms with Gasteiger partial charge in [0.25, 0.3) is 0 Å². The van der Waals surface area contributed by atoms with Gasteiger partial charge in [0.2, 0.25) is 5.95 Å². The molecule has 1 atom stereocenters. The van der Waals surface area contributed by atoms with Crippen molar-refractivity contribution in [3.8, 4) is 0 Å².